The normalized spacial score (nSPS) is 30.5. The van der Waals surface area contributed by atoms with Gasteiger partial charge in [0.2, 0.25) is 11.8 Å². The molecule has 2 amide bonds. The maximum absolute atomic E-state index is 12.9. The smallest absolute Gasteiger partial charge is 0.326 e. The molecule has 2 aliphatic rings. The van der Waals surface area contributed by atoms with Crippen molar-refractivity contribution in [2.75, 3.05) is 21.3 Å². The van der Waals surface area contributed by atoms with E-state index in [0.29, 0.717) is 18.6 Å². The fourth-order valence-electron chi connectivity index (χ4n) is 4.43. The van der Waals surface area contributed by atoms with Gasteiger partial charge in [-0.15, -0.1) is 0 Å². The lowest BCUT2D eigenvalue weighted by Gasteiger charge is -2.32. The topological polar surface area (TPSA) is 84.9 Å². The van der Waals surface area contributed by atoms with E-state index in [0.717, 1.165) is 10.5 Å². The van der Waals surface area contributed by atoms with Crippen LogP contribution in [0.1, 0.15) is 31.4 Å². The highest BCUT2D eigenvalue weighted by atomic mass is 16.5. The summed E-state index contributed by atoms with van der Waals surface area (Å²) < 4.78 is 10.5. The molecule has 7 nitrogen and oxygen atoms in total. The fraction of sp³-hybridized carbons (Fsp3) is 0.526. The maximum atomic E-state index is 12.9. The van der Waals surface area contributed by atoms with Gasteiger partial charge in [0, 0.05) is 18.7 Å². The Morgan fingerprint density at radius 3 is 2.54 bits per heavy atom. The second kappa shape index (κ2) is 6.72. The largest absolute Gasteiger partial charge is 0.496 e. The van der Waals surface area contributed by atoms with E-state index >= 15 is 0 Å². The monoisotopic (exact) mass is 360 g/mol. The number of carbonyl (C=O) groups excluding carboxylic acids is 3. The van der Waals surface area contributed by atoms with Gasteiger partial charge in [0.1, 0.15) is 11.3 Å². The number of carbonyl (C=O) groups is 3. The van der Waals surface area contributed by atoms with E-state index in [4.69, 9.17) is 9.47 Å². The van der Waals surface area contributed by atoms with Crippen molar-refractivity contribution >= 4 is 17.8 Å². The molecular weight excluding hydrogens is 336 g/mol. The zero-order valence-electron chi connectivity index (χ0n) is 15.4. The third kappa shape index (κ3) is 2.41. The molecule has 3 rings (SSSR count). The fourth-order valence-corrected chi connectivity index (χ4v) is 4.43. The van der Waals surface area contributed by atoms with Gasteiger partial charge in [-0.25, -0.2) is 0 Å². The van der Waals surface area contributed by atoms with Crippen LogP contribution in [-0.2, 0) is 19.1 Å². The lowest BCUT2D eigenvalue weighted by atomic mass is 9.77. The highest BCUT2D eigenvalue weighted by Crippen LogP contribution is 2.51. The first-order valence-electron chi connectivity index (χ1n) is 8.73. The number of nitrogens with one attached hydrogen (secondary N) is 1. The number of benzene rings is 1. The van der Waals surface area contributed by atoms with Gasteiger partial charge in [-0.3, -0.25) is 24.6 Å². The summed E-state index contributed by atoms with van der Waals surface area (Å²) in [7, 11) is 4.33. The highest BCUT2D eigenvalue weighted by Gasteiger charge is 2.68. The highest BCUT2D eigenvalue weighted by molar-refractivity contribution is 6.09. The Balaban J connectivity index is 2.17. The zero-order chi connectivity index (χ0) is 19.1. The summed E-state index contributed by atoms with van der Waals surface area (Å²) in [4.78, 5) is 39.6. The van der Waals surface area contributed by atoms with Crippen molar-refractivity contribution in [3.63, 3.8) is 0 Å². The number of methoxy groups -OCH3 is 2. The molecule has 0 bridgehead atoms. The standard InChI is InChI=1S/C19H24N2O5/c1-5-10-19(18(24)26-4)14-13(16(22)21(2)17(14)23)15(20-19)11-8-6-7-9-12(11)25-3/h6-9,13-15,20H,5,10H2,1-4H3/t13-,14+,15-,19-/m0/s1. The Hall–Kier alpha value is -2.41. The first kappa shape index (κ1) is 18.4. The lowest BCUT2D eigenvalue weighted by Crippen LogP contribution is -2.56. The third-order valence-electron chi connectivity index (χ3n) is 5.54. The molecule has 1 N–H and O–H groups in total. The molecule has 1 aromatic rings. The number of fused-ring (bicyclic) bond motifs is 1. The summed E-state index contributed by atoms with van der Waals surface area (Å²) in [6, 6.07) is 6.82. The summed E-state index contributed by atoms with van der Waals surface area (Å²) in [6.45, 7) is 1.93. The average Bonchev–Trinajstić information content (AvgIpc) is 3.11. The van der Waals surface area contributed by atoms with Crippen molar-refractivity contribution in [1.29, 1.82) is 0 Å². The van der Waals surface area contributed by atoms with E-state index in [2.05, 4.69) is 5.32 Å². The Morgan fingerprint density at radius 1 is 1.23 bits per heavy atom. The molecule has 4 atom stereocenters. The number of ether oxygens (including phenoxy) is 2. The van der Waals surface area contributed by atoms with Crippen molar-refractivity contribution in [1.82, 2.24) is 10.2 Å². The van der Waals surface area contributed by atoms with Gasteiger partial charge in [0.15, 0.2) is 0 Å². The number of esters is 1. The van der Waals surface area contributed by atoms with Crippen LogP contribution in [0.2, 0.25) is 0 Å². The molecule has 2 fully saturated rings. The minimum absolute atomic E-state index is 0.287. The van der Waals surface area contributed by atoms with Gasteiger partial charge in [-0.1, -0.05) is 31.5 Å². The van der Waals surface area contributed by atoms with Crippen LogP contribution in [0.15, 0.2) is 24.3 Å². The first-order valence-corrected chi connectivity index (χ1v) is 8.73. The molecule has 7 heteroatoms. The molecule has 0 saturated carbocycles. The van der Waals surface area contributed by atoms with Gasteiger partial charge >= 0.3 is 5.97 Å². The van der Waals surface area contributed by atoms with Crippen LogP contribution < -0.4 is 10.1 Å². The van der Waals surface area contributed by atoms with Crippen molar-refractivity contribution in [3.05, 3.63) is 29.8 Å². The van der Waals surface area contributed by atoms with Crippen molar-refractivity contribution in [2.45, 2.75) is 31.3 Å². The van der Waals surface area contributed by atoms with Gasteiger partial charge in [-0.2, -0.15) is 0 Å². The molecular formula is C19H24N2O5. The van der Waals surface area contributed by atoms with E-state index < -0.39 is 29.4 Å². The number of hydrogen-bond acceptors (Lipinski definition) is 6. The quantitative estimate of drug-likeness (QED) is 0.629. The van der Waals surface area contributed by atoms with E-state index in [1.165, 1.54) is 14.2 Å². The van der Waals surface area contributed by atoms with Crippen LogP contribution in [0.3, 0.4) is 0 Å². The summed E-state index contributed by atoms with van der Waals surface area (Å²) in [6.07, 6.45) is 1.06. The molecule has 140 valence electrons. The van der Waals surface area contributed by atoms with Crippen molar-refractivity contribution < 1.29 is 23.9 Å². The third-order valence-corrected chi connectivity index (χ3v) is 5.54. The van der Waals surface area contributed by atoms with Crippen LogP contribution in [0, 0.1) is 11.8 Å². The van der Waals surface area contributed by atoms with Crippen LogP contribution in [0.4, 0.5) is 0 Å². The first-order chi connectivity index (χ1) is 12.4. The van der Waals surface area contributed by atoms with E-state index in [-0.39, 0.29) is 11.8 Å². The molecule has 0 spiro atoms. The zero-order valence-corrected chi connectivity index (χ0v) is 15.4. The molecule has 2 aliphatic heterocycles. The SMILES string of the molecule is CCC[C@]1(C(=O)OC)N[C@@H](c2ccccc2OC)[C@H]2C(=O)N(C)C(=O)[C@@H]21. The van der Waals surface area contributed by atoms with Gasteiger partial charge in [0.25, 0.3) is 0 Å². The minimum Gasteiger partial charge on any atom is -0.496 e. The predicted molar refractivity (Wildman–Crippen MR) is 93.3 cm³/mol. The molecule has 0 aliphatic carbocycles. The number of amides is 2. The molecule has 26 heavy (non-hydrogen) atoms. The summed E-state index contributed by atoms with van der Waals surface area (Å²) in [5, 5.41) is 3.31. The van der Waals surface area contributed by atoms with Crippen LogP contribution in [0.5, 0.6) is 5.75 Å². The van der Waals surface area contributed by atoms with Crippen LogP contribution in [-0.4, -0.2) is 49.5 Å². The molecule has 2 heterocycles. The van der Waals surface area contributed by atoms with E-state index in [1.54, 1.807) is 13.2 Å². The molecule has 0 radical (unpaired) electrons. The van der Waals surface area contributed by atoms with Gasteiger partial charge < -0.3 is 9.47 Å². The number of rotatable bonds is 5. The summed E-state index contributed by atoms with van der Waals surface area (Å²) in [5.41, 5.74) is -0.472. The summed E-state index contributed by atoms with van der Waals surface area (Å²) >= 11 is 0. The van der Waals surface area contributed by atoms with Gasteiger partial charge in [0.05, 0.1) is 26.1 Å². The second-order valence-corrected chi connectivity index (χ2v) is 6.82. The number of para-hydroxylation sites is 1. The van der Waals surface area contributed by atoms with Crippen LogP contribution in [0.25, 0.3) is 0 Å². The van der Waals surface area contributed by atoms with Gasteiger partial charge in [-0.05, 0) is 12.5 Å². The molecule has 0 aromatic heterocycles. The number of nitrogens with zero attached hydrogens (tertiary/aromatic N) is 1. The number of likely N-dealkylation sites (tertiary alicyclic amines) is 1. The van der Waals surface area contributed by atoms with Crippen LogP contribution >= 0.6 is 0 Å². The van der Waals surface area contributed by atoms with Crippen molar-refractivity contribution in [3.8, 4) is 5.75 Å². The summed E-state index contributed by atoms with van der Waals surface area (Å²) in [5.74, 6) is -2.00. The predicted octanol–water partition coefficient (Wildman–Crippen LogP) is 1.28. The Morgan fingerprint density at radius 2 is 1.92 bits per heavy atom. The Kier molecular flexibility index (Phi) is 4.75. The van der Waals surface area contributed by atoms with E-state index in [9.17, 15) is 14.4 Å². The average molecular weight is 360 g/mol. The van der Waals surface area contributed by atoms with Crippen molar-refractivity contribution in [2.24, 2.45) is 11.8 Å². The number of hydrogen-bond donors (Lipinski definition) is 1. The second-order valence-electron chi connectivity index (χ2n) is 6.82. The molecule has 2 saturated heterocycles. The van der Waals surface area contributed by atoms with E-state index in [1.807, 2.05) is 25.1 Å². The Labute approximate surface area is 152 Å². The molecule has 1 aromatic carbocycles. The minimum atomic E-state index is -1.23. The molecule has 0 unspecified atom stereocenters. The maximum Gasteiger partial charge on any atom is 0.326 e. The number of imide groups is 1. The lowest BCUT2D eigenvalue weighted by molar-refractivity contribution is -0.154. The Bertz CT molecular complexity index is 749.